The predicted molar refractivity (Wildman–Crippen MR) is 186 cm³/mol. The van der Waals surface area contributed by atoms with E-state index in [-0.39, 0.29) is 37.9 Å². The minimum atomic E-state index is -1.19. The zero-order valence-electron chi connectivity index (χ0n) is 26.9. The second-order valence-corrected chi connectivity index (χ2v) is 11.5. The van der Waals surface area contributed by atoms with Crippen LogP contribution in [0.4, 0.5) is 9.59 Å². The van der Waals surface area contributed by atoms with Crippen molar-refractivity contribution in [3.8, 4) is 46.9 Å². The number of carbonyl (C=O) groups excluding carboxylic acids is 2. The van der Waals surface area contributed by atoms with E-state index in [0.29, 0.717) is 0 Å². The van der Waals surface area contributed by atoms with Gasteiger partial charge >= 0.3 is 24.1 Å². The fraction of sp³-hybridized carbons (Fsp3) is 0.200. The molecule has 10 heteroatoms. The number of amides is 2. The molecule has 0 aliphatic heterocycles. The van der Waals surface area contributed by atoms with E-state index < -0.39 is 36.2 Å². The summed E-state index contributed by atoms with van der Waals surface area (Å²) in [5.74, 6) is 1.93. The maximum atomic E-state index is 11.9. The van der Waals surface area contributed by atoms with Gasteiger partial charge in [-0.25, -0.2) is 19.2 Å². The van der Waals surface area contributed by atoms with E-state index in [9.17, 15) is 19.2 Å². The third kappa shape index (κ3) is 7.78. The average Bonchev–Trinajstić information content (AvgIpc) is 3.62. The van der Waals surface area contributed by atoms with E-state index >= 15 is 0 Å². The normalized spacial score (nSPS) is 13.2. The minimum absolute atomic E-state index is 0.0749. The molecule has 0 fully saturated rings. The lowest BCUT2D eigenvalue weighted by molar-refractivity contribution is -0.140. The highest BCUT2D eigenvalue weighted by molar-refractivity contribution is 5.82. The summed E-state index contributed by atoms with van der Waals surface area (Å²) < 4.78 is 10.6. The molecule has 10 nitrogen and oxygen atoms in total. The zero-order valence-corrected chi connectivity index (χ0v) is 26.9. The molecule has 252 valence electrons. The Labute approximate surface area is 289 Å². The van der Waals surface area contributed by atoms with E-state index in [0.717, 1.165) is 44.5 Å². The summed E-state index contributed by atoms with van der Waals surface area (Å²) in [5.41, 5.74) is 8.88. The molecule has 0 saturated carbocycles. The van der Waals surface area contributed by atoms with Crippen LogP contribution in [-0.4, -0.2) is 59.6 Å². The van der Waals surface area contributed by atoms with Gasteiger partial charge in [-0.1, -0.05) is 97.1 Å². The maximum absolute atomic E-state index is 11.9. The van der Waals surface area contributed by atoms with Crippen LogP contribution >= 0.6 is 0 Å². The first kappa shape index (κ1) is 34.8. The van der Waals surface area contributed by atoms with Crippen molar-refractivity contribution >= 4 is 24.1 Å². The van der Waals surface area contributed by atoms with Crippen LogP contribution in [0.5, 0.6) is 0 Å². The Balaban J connectivity index is 0.000000194. The monoisotopic (exact) mass is 670 g/mol. The van der Waals surface area contributed by atoms with Crippen LogP contribution in [-0.2, 0) is 19.1 Å². The highest BCUT2D eigenvalue weighted by atomic mass is 16.6. The van der Waals surface area contributed by atoms with Crippen LogP contribution in [0.2, 0.25) is 0 Å². The number of rotatable bonds is 10. The van der Waals surface area contributed by atoms with Gasteiger partial charge in [-0.05, 0) is 44.5 Å². The van der Waals surface area contributed by atoms with Gasteiger partial charge in [0, 0.05) is 24.7 Å². The topological polar surface area (TPSA) is 151 Å². The van der Waals surface area contributed by atoms with Crippen molar-refractivity contribution in [2.75, 3.05) is 13.2 Å². The number of benzene rings is 4. The number of fused-ring (bicyclic) bond motifs is 6. The Hall–Kier alpha value is -6.52. The largest absolute Gasteiger partial charge is 0.480 e. The van der Waals surface area contributed by atoms with E-state index in [1.807, 2.05) is 97.1 Å². The first-order valence-electron chi connectivity index (χ1n) is 15.8. The number of carboxylic acid groups (broad SMARTS) is 2. The van der Waals surface area contributed by atoms with Crippen LogP contribution in [0, 0.1) is 24.7 Å². The number of ether oxygens (including phenoxy) is 2. The molecule has 4 aromatic rings. The molecule has 2 aliphatic rings. The Bertz CT molecular complexity index is 1760. The summed E-state index contributed by atoms with van der Waals surface area (Å²) >= 11 is 0. The molecule has 0 spiro atoms. The summed E-state index contributed by atoms with van der Waals surface area (Å²) in [6, 6.07) is 29.6. The van der Waals surface area contributed by atoms with Gasteiger partial charge in [0.1, 0.15) is 25.3 Å². The summed E-state index contributed by atoms with van der Waals surface area (Å²) in [6.45, 7) is 0.254. The first-order valence-corrected chi connectivity index (χ1v) is 15.8. The molecule has 0 unspecified atom stereocenters. The molecule has 0 aromatic heterocycles. The third-order valence-electron chi connectivity index (χ3n) is 8.51. The van der Waals surface area contributed by atoms with E-state index in [1.54, 1.807) is 0 Å². The Morgan fingerprint density at radius 1 is 0.560 bits per heavy atom. The van der Waals surface area contributed by atoms with Crippen LogP contribution in [0.3, 0.4) is 0 Å². The summed E-state index contributed by atoms with van der Waals surface area (Å²) in [5, 5.41) is 22.6. The van der Waals surface area contributed by atoms with Crippen molar-refractivity contribution < 1.29 is 38.9 Å². The SMILES string of the molecule is C#CC[C@@H](NC(=O)OCC1c2ccccc2-c2ccccc21)C(=O)O.C#CC[C@H](NC(=O)OCC1c2ccccc2-c2ccccc21)C(=O)O. The van der Waals surface area contributed by atoms with Crippen molar-refractivity contribution in [2.45, 2.75) is 36.8 Å². The molecule has 0 heterocycles. The van der Waals surface area contributed by atoms with Gasteiger partial charge in [-0.3, -0.25) is 0 Å². The van der Waals surface area contributed by atoms with Crippen LogP contribution < -0.4 is 10.6 Å². The van der Waals surface area contributed by atoms with Gasteiger partial charge in [0.15, 0.2) is 0 Å². The molecule has 2 aliphatic carbocycles. The van der Waals surface area contributed by atoms with Gasteiger partial charge < -0.3 is 30.3 Å². The molecule has 2 amide bonds. The highest BCUT2D eigenvalue weighted by Gasteiger charge is 2.31. The summed E-state index contributed by atoms with van der Waals surface area (Å²) in [6.07, 6.45) is 8.46. The molecule has 0 radical (unpaired) electrons. The lowest BCUT2D eigenvalue weighted by atomic mass is 9.98. The lowest BCUT2D eigenvalue weighted by Gasteiger charge is -2.16. The van der Waals surface area contributed by atoms with Crippen LogP contribution in [0.15, 0.2) is 97.1 Å². The predicted octanol–water partition coefficient (Wildman–Crippen LogP) is 6.00. The molecule has 2 atom stereocenters. The first-order chi connectivity index (χ1) is 24.2. The molecule has 4 N–H and O–H groups in total. The van der Waals surface area contributed by atoms with Gasteiger partial charge in [0.25, 0.3) is 0 Å². The Morgan fingerprint density at radius 3 is 1.10 bits per heavy atom. The smallest absolute Gasteiger partial charge is 0.407 e. The van der Waals surface area contributed by atoms with E-state index in [4.69, 9.17) is 32.5 Å². The number of terminal acetylenes is 2. The fourth-order valence-corrected chi connectivity index (χ4v) is 6.20. The maximum Gasteiger partial charge on any atom is 0.407 e. The molecule has 50 heavy (non-hydrogen) atoms. The van der Waals surface area contributed by atoms with E-state index in [1.165, 1.54) is 0 Å². The zero-order chi connectivity index (χ0) is 35.6. The number of hydrogen-bond donors (Lipinski definition) is 4. The number of carboxylic acids is 2. The molecular weight excluding hydrogens is 636 g/mol. The van der Waals surface area contributed by atoms with Gasteiger partial charge in [0.05, 0.1) is 0 Å². The summed E-state index contributed by atoms with van der Waals surface area (Å²) in [4.78, 5) is 46.0. The number of hydrogen-bond acceptors (Lipinski definition) is 6. The number of aliphatic carboxylic acids is 2. The number of nitrogens with one attached hydrogen (secondary N) is 2. The molecule has 0 saturated heterocycles. The van der Waals surface area contributed by atoms with Crippen molar-refractivity contribution in [3.05, 3.63) is 119 Å². The van der Waals surface area contributed by atoms with E-state index in [2.05, 4.69) is 22.5 Å². The average molecular weight is 671 g/mol. The van der Waals surface area contributed by atoms with Crippen molar-refractivity contribution in [3.63, 3.8) is 0 Å². The van der Waals surface area contributed by atoms with Gasteiger partial charge in [0.2, 0.25) is 0 Å². The number of carbonyl (C=O) groups is 4. The molecular formula is C40H34N2O8. The Morgan fingerprint density at radius 2 is 0.840 bits per heavy atom. The Kier molecular flexibility index (Phi) is 11.2. The fourth-order valence-electron chi connectivity index (χ4n) is 6.20. The van der Waals surface area contributed by atoms with Crippen molar-refractivity contribution in [1.29, 1.82) is 0 Å². The molecule has 6 rings (SSSR count). The summed E-state index contributed by atoms with van der Waals surface area (Å²) in [7, 11) is 0. The van der Waals surface area contributed by atoms with Crippen molar-refractivity contribution in [2.24, 2.45) is 0 Å². The van der Waals surface area contributed by atoms with Gasteiger partial charge in [-0.15, -0.1) is 24.7 Å². The third-order valence-corrected chi connectivity index (χ3v) is 8.51. The minimum Gasteiger partial charge on any atom is -0.480 e. The highest BCUT2D eigenvalue weighted by Crippen LogP contribution is 2.45. The van der Waals surface area contributed by atoms with Crippen molar-refractivity contribution in [1.82, 2.24) is 10.6 Å². The number of alkyl carbamates (subject to hydrolysis) is 2. The molecule has 0 bridgehead atoms. The van der Waals surface area contributed by atoms with Crippen LogP contribution in [0.25, 0.3) is 22.3 Å². The quantitative estimate of drug-likeness (QED) is 0.150. The molecule has 4 aromatic carbocycles. The second kappa shape index (κ2) is 16.1. The standard InChI is InChI=1S/2C20H17NO4/c2*1-2-7-18(19(22)23)21-20(24)25-12-17-15-10-5-3-8-13(15)14-9-4-6-11-16(14)17/h2*1,3-6,8-11,17-18H,7,12H2,(H,21,24)(H,22,23)/t2*18-/m10/s1. The van der Waals surface area contributed by atoms with Crippen LogP contribution in [0.1, 0.15) is 46.9 Å². The lowest BCUT2D eigenvalue weighted by Crippen LogP contribution is -2.41. The second-order valence-electron chi connectivity index (χ2n) is 11.5. The van der Waals surface area contributed by atoms with Gasteiger partial charge in [-0.2, -0.15) is 0 Å².